The molecule has 0 bridgehead atoms. The van der Waals surface area contributed by atoms with Gasteiger partial charge in [-0.2, -0.15) is 12.7 Å². The smallest absolute Gasteiger partial charge is 0.303 e. The molecular weight excluding hydrogens is 210 g/mol. The van der Waals surface area contributed by atoms with Crippen molar-refractivity contribution < 1.29 is 17.6 Å². The van der Waals surface area contributed by atoms with Crippen molar-refractivity contribution in [2.75, 3.05) is 14.1 Å². The highest BCUT2D eigenvalue weighted by Gasteiger charge is 2.19. The van der Waals surface area contributed by atoms with Crippen molar-refractivity contribution in [3.8, 4) is 0 Å². The maximum Gasteiger partial charge on any atom is 0.303 e. The summed E-state index contributed by atoms with van der Waals surface area (Å²) in [6.07, 6.45) is 2.09. The van der Waals surface area contributed by atoms with Gasteiger partial charge in [-0.3, -0.25) is 4.79 Å². The van der Waals surface area contributed by atoms with E-state index >= 15 is 0 Å². The lowest BCUT2D eigenvalue weighted by Gasteiger charge is -2.10. The minimum atomic E-state index is -3.77. The van der Waals surface area contributed by atoms with E-state index in [0.29, 0.717) is 0 Å². The fourth-order valence-electron chi connectivity index (χ4n) is 0.585. The number of rotatable bonds is 3. The molecule has 0 aliphatic rings. The van der Waals surface area contributed by atoms with E-state index in [1.807, 2.05) is 0 Å². The summed E-state index contributed by atoms with van der Waals surface area (Å²) < 4.78 is 29.5. The molecule has 0 aromatic carbocycles. The first-order valence-electron chi connectivity index (χ1n) is 3.56. The molecule has 78 valence electrons. The second-order valence-corrected chi connectivity index (χ2v) is 4.48. The molecule has 1 amide bonds. The highest BCUT2D eigenvalue weighted by atomic mass is 32.2. The van der Waals surface area contributed by atoms with Gasteiger partial charge in [0, 0.05) is 14.1 Å². The van der Waals surface area contributed by atoms with Crippen molar-refractivity contribution in [3.05, 3.63) is 18.4 Å². The molecule has 0 spiro atoms. The van der Waals surface area contributed by atoms with Crippen LogP contribution in [0.4, 0.5) is 0 Å². The molecule has 0 aliphatic carbocycles. The summed E-state index contributed by atoms with van der Waals surface area (Å²) in [5.41, 5.74) is -0.0876. The number of carbonyl (C=O) groups excluding carboxylic acids is 1. The van der Waals surface area contributed by atoms with Crippen LogP contribution in [0.2, 0.25) is 0 Å². The van der Waals surface area contributed by atoms with Crippen LogP contribution in [-0.2, 0) is 10.2 Å². The zero-order valence-electron chi connectivity index (χ0n) is 7.59. The van der Waals surface area contributed by atoms with Gasteiger partial charge in [0.25, 0.3) is 5.91 Å². The molecule has 1 aromatic rings. The number of carbonyl (C=O) groups is 1. The third kappa shape index (κ3) is 2.30. The molecule has 0 radical (unpaired) electrons. The summed E-state index contributed by atoms with van der Waals surface area (Å²) in [5.74, 6) is -0.826. The van der Waals surface area contributed by atoms with Gasteiger partial charge in [-0.15, -0.1) is 0 Å². The molecule has 0 saturated carbocycles. The maximum atomic E-state index is 11.2. The summed E-state index contributed by atoms with van der Waals surface area (Å²) in [6.45, 7) is 0. The number of hydrogen-bond donors (Lipinski definition) is 1. The average molecular weight is 219 g/mol. The Balaban J connectivity index is 2.77. The lowest BCUT2D eigenvalue weighted by molar-refractivity contribution is 0.0975. The van der Waals surface area contributed by atoms with Gasteiger partial charge >= 0.3 is 10.2 Å². The fraction of sp³-hybridized carbons (Fsp3) is 0.333. The minimum Gasteiger partial charge on any atom is -0.451 e. The topological polar surface area (TPSA) is 92.5 Å². The monoisotopic (exact) mass is 219 g/mol. The maximum absolute atomic E-state index is 11.2. The van der Waals surface area contributed by atoms with E-state index in [2.05, 4.69) is 9.40 Å². The molecule has 0 saturated heterocycles. The molecule has 1 N–H and O–H groups in total. The molecule has 7 nitrogen and oxygen atoms in total. The second-order valence-electron chi connectivity index (χ2n) is 2.59. The van der Waals surface area contributed by atoms with Crippen molar-refractivity contribution in [1.29, 1.82) is 0 Å². The summed E-state index contributed by atoms with van der Waals surface area (Å²) >= 11 is 0. The zero-order valence-corrected chi connectivity index (χ0v) is 8.41. The summed E-state index contributed by atoms with van der Waals surface area (Å²) in [7, 11) is -1.16. The van der Waals surface area contributed by atoms with E-state index in [0.717, 1.165) is 17.0 Å². The molecule has 0 fully saturated rings. The first kappa shape index (κ1) is 10.7. The predicted octanol–water partition coefficient (Wildman–Crippen LogP) is -0.789. The lowest BCUT2D eigenvalue weighted by Crippen LogP contribution is -2.39. The Morgan fingerprint density at radius 3 is 2.64 bits per heavy atom. The van der Waals surface area contributed by atoms with E-state index in [1.165, 1.54) is 14.1 Å². The molecule has 0 atom stereocenters. The second kappa shape index (κ2) is 3.76. The molecule has 14 heavy (non-hydrogen) atoms. The van der Waals surface area contributed by atoms with E-state index in [-0.39, 0.29) is 5.69 Å². The number of nitrogens with zero attached hydrogens (tertiary/aromatic N) is 2. The van der Waals surface area contributed by atoms with E-state index in [9.17, 15) is 13.2 Å². The Bertz CT molecular complexity index is 408. The quantitative estimate of drug-likeness (QED) is 0.719. The summed E-state index contributed by atoms with van der Waals surface area (Å²) in [5, 5.41) is 0. The average Bonchev–Trinajstić information content (AvgIpc) is 2.54. The van der Waals surface area contributed by atoms with Crippen LogP contribution in [0.5, 0.6) is 0 Å². The Hall–Kier alpha value is -1.41. The number of aromatic nitrogens is 1. The van der Waals surface area contributed by atoms with Crippen molar-refractivity contribution in [1.82, 2.24) is 14.0 Å². The molecular formula is C6H9N3O4S. The van der Waals surface area contributed by atoms with Crippen LogP contribution >= 0.6 is 0 Å². The SMILES string of the molecule is CN(C)S(=O)(=O)NC(=O)c1cocn1. The van der Waals surface area contributed by atoms with Gasteiger partial charge in [-0.25, -0.2) is 9.71 Å². The van der Waals surface area contributed by atoms with Gasteiger partial charge in [0.2, 0.25) is 0 Å². The first-order chi connectivity index (χ1) is 6.43. The zero-order chi connectivity index (χ0) is 10.8. The van der Waals surface area contributed by atoms with Gasteiger partial charge in [0.05, 0.1) is 0 Å². The third-order valence-electron chi connectivity index (χ3n) is 1.37. The first-order valence-corrected chi connectivity index (χ1v) is 5.00. The highest BCUT2D eigenvalue weighted by molar-refractivity contribution is 7.87. The highest BCUT2D eigenvalue weighted by Crippen LogP contribution is 1.96. The normalized spacial score (nSPS) is 11.6. The summed E-state index contributed by atoms with van der Waals surface area (Å²) in [6, 6.07) is 0. The Kier molecular flexibility index (Phi) is 2.87. The van der Waals surface area contributed by atoms with Crippen LogP contribution in [0.15, 0.2) is 17.1 Å². The van der Waals surface area contributed by atoms with Crippen molar-refractivity contribution >= 4 is 16.1 Å². The number of amides is 1. The van der Waals surface area contributed by atoms with Crippen LogP contribution in [0.3, 0.4) is 0 Å². The van der Waals surface area contributed by atoms with E-state index in [1.54, 1.807) is 4.72 Å². The van der Waals surface area contributed by atoms with Gasteiger partial charge in [-0.1, -0.05) is 0 Å². The molecule has 1 aromatic heterocycles. The van der Waals surface area contributed by atoms with Crippen molar-refractivity contribution in [3.63, 3.8) is 0 Å². The van der Waals surface area contributed by atoms with E-state index < -0.39 is 16.1 Å². The van der Waals surface area contributed by atoms with Gasteiger partial charge in [-0.05, 0) is 0 Å². The van der Waals surface area contributed by atoms with Crippen LogP contribution < -0.4 is 4.72 Å². The number of nitrogens with one attached hydrogen (secondary N) is 1. The standard InChI is InChI=1S/C6H9N3O4S/c1-9(2)14(11,12)8-6(10)5-3-13-4-7-5/h3-4H,1-2H3,(H,8,10). The molecule has 8 heteroatoms. The largest absolute Gasteiger partial charge is 0.451 e. The third-order valence-corrected chi connectivity index (χ3v) is 2.77. The van der Waals surface area contributed by atoms with Crippen LogP contribution in [0.25, 0.3) is 0 Å². The Labute approximate surface area is 80.9 Å². The van der Waals surface area contributed by atoms with Crippen molar-refractivity contribution in [2.24, 2.45) is 0 Å². The molecule has 1 rings (SSSR count). The van der Waals surface area contributed by atoms with E-state index in [4.69, 9.17) is 0 Å². The van der Waals surface area contributed by atoms with Gasteiger partial charge in [0.15, 0.2) is 12.1 Å². The fourth-order valence-corrected chi connectivity index (χ4v) is 1.11. The molecule has 0 aliphatic heterocycles. The van der Waals surface area contributed by atoms with Gasteiger partial charge in [0.1, 0.15) is 6.26 Å². The Morgan fingerprint density at radius 1 is 1.57 bits per heavy atom. The molecule has 1 heterocycles. The van der Waals surface area contributed by atoms with Crippen LogP contribution in [0.1, 0.15) is 10.5 Å². The number of hydrogen-bond acceptors (Lipinski definition) is 5. The van der Waals surface area contributed by atoms with Crippen molar-refractivity contribution in [2.45, 2.75) is 0 Å². The van der Waals surface area contributed by atoms with Gasteiger partial charge < -0.3 is 4.42 Å². The minimum absolute atomic E-state index is 0.0876. The lowest BCUT2D eigenvalue weighted by atomic mass is 10.5. The molecule has 0 unspecified atom stereocenters. The van der Waals surface area contributed by atoms with Crippen LogP contribution in [-0.4, -0.2) is 37.7 Å². The number of oxazole rings is 1. The Morgan fingerprint density at radius 2 is 2.21 bits per heavy atom. The predicted molar refractivity (Wildman–Crippen MR) is 46.6 cm³/mol. The summed E-state index contributed by atoms with van der Waals surface area (Å²) in [4.78, 5) is 14.7. The van der Waals surface area contributed by atoms with Crippen LogP contribution in [0, 0.1) is 0 Å².